The van der Waals surface area contributed by atoms with E-state index in [9.17, 15) is 4.79 Å². The van der Waals surface area contributed by atoms with Gasteiger partial charge in [-0.05, 0) is 38.2 Å². The fraction of sp³-hybridized carbons (Fsp3) is 0.462. The monoisotopic (exact) mass is 254 g/mol. The molecule has 0 heterocycles. The largest absolute Gasteiger partial charge is 0.494 e. The maximum Gasteiger partial charge on any atom is 0.319 e. The number of ether oxygens (including phenoxy) is 1. The number of hydrogen-bond donors (Lipinski definition) is 1. The molecule has 1 aromatic rings. The SMILES string of the molecule is CC(C)(SCCCOc1ccccc1)C(=O)O. The molecule has 0 aliphatic carbocycles. The van der Waals surface area contributed by atoms with Gasteiger partial charge >= 0.3 is 5.97 Å². The Morgan fingerprint density at radius 3 is 2.59 bits per heavy atom. The second-order valence-corrected chi connectivity index (χ2v) is 5.90. The molecule has 0 saturated carbocycles. The maximum atomic E-state index is 10.9. The third-order valence-corrected chi connectivity index (χ3v) is 3.67. The smallest absolute Gasteiger partial charge is 0.319 e. The lowest BCUT2D eigenvalue weighted by atomic mass is 10.2. The lowest BCUT2D eigenvalue weighted by molar-refractivity contribution is -0.138. The third kappa shape index (κ3) is 5.13. The van der Waals surface area contributed by atoms with Crippen LogP contribution in [0.2, 0.25) is 0 Å². The summed E-state index contributed by atoms with van der Waals surface area (Å²) in [5.74, 6) is 0.869. The minimum Gasteiger partial charge on any atom is -0.494 e. The first-order valence-corrected chi connectivity index (χ1v) is 6.56. The fourth-order valence-corrected chi connectivity index (χ4v) is 2.05. The van der Waals surface area contributed by atoms with Gasteiger partial charge in [-0.2, -0.15) is 0 Å². The van der Waals surface area contributed by atoms with Crippen molar-refractivity contribution < 1.29 is 14.6 Å². The van der Waals surface area contributed by atoms with E-state index in [1.165, 1.54) is 11.8 Å². The molecule has 1 rings (SSSR count). The molecule has 0 aliphatic heterocycles. The summed E-state index contributed by atoms with van der Waals surface area (Å²) in [4.78, 5) is 10.9. The van der Waals surface area contributed by atoms with Crippen molar-refractivity contribution in [3.05, 3.63) is 30.3 Å². The van der Waals surface area contributed by atoms with Crippen LogP contribution in [0.25, 0.3) is 0 Å². The second-order valence-electron chi connectivity index (χ2n) is 4.18. The Balaban J connectivity index is 2.15. The molecule has 1 N–H and O–H groups in total. The third-order valence-electron chi connectivity index (χ3n) is 2.28. The Bertz CT molecular complexity index is 349. The van der Waals surface area contributed by atoms with Crippen molar-refractivity contribution >= 4 is 17.7 Å². The van der Waals surface area contributed by atoms with E-state index in [1.54, 1.807) is 13.8 Å². The van der Waals surface area contributed by atoms with Gasteiger partial charge in [0.1, 0.15) is 10.5 Å². The van der Waals surface area contributed by atoms with Gasteiger partial charge in [-0.1, -0.05) is 18.2 Å². The molecule has 17 heavy (non-hydrogen) atoms. The normalized spacial score (nSPS) is 11.2. The summed E-state index contributed by atoms with van der Waals surface area (Å²) in [6, 6.07) is 9.62. The number of carboxylic acids is 1. The number of benzene rings is 1. The molecule has 0 amide bonds. The van der Waals surface area contributed by atoms with Gasteiger partial charge in [0, 0.05) is 0 Å². The molecule has 3 nitrogen and oxygen atoms in total. The zero-order valence-electron chi connectivity index (χ0n) is 10.2. The maximum absolute atomic E-state index is 10.9. The molecule has 94 valence electrons. The topological polar surface area (TPSA) is 46.5 Å². The second kappa shape index (κ2) is 6.55. The van der Waals surface area contributed by atoms with Crippen LogP contribution in [0.15, 0.2) is 30.3 Å². The van der Waals surface area contributed by atoms with Gasteiger partial charge in [0.2, 0.25) is 0 Å². The minimum atomic E-state index is -0.772. The summed E-state index contributed by atoms with van der Waals surface area (Å²) >= 11 is 1.44. The average molecular weight is 254 g/mol. The number of thioether (sulfide) groups is 1. The van der Waals surface area contributed by atoms with Gasteiger partial charge < -0.3 is 9.84 Å². The van der Waals surface area contributed by atoms with Crippen LogP contribution in [0.1, 0.15) is 20.3 Å². The predicted molar refractivity (Wildman–Crippen MR) is 70.7 cm³/mol. The summed E-state index contributed by atoms with van der Waals surface area (Å²) in [6.45, 7) is 4.06. The lowest BCUT2D eigenvalue weighted by Crippen LogP contribution is -2.27. The molecule has 0 aliphatic rings. The van der Waals surface area contributed by atoms with Crippen molar-refractivity contribution in [3.8, 4) is 5.75 Å². The predicted octanol–water partition coefficient (Wildman–Crippen LogP) is 3.05. The first-order valence-electron chi connectivity index (χ1n) is 5.57. The molecular formula is C13H18O3S. The number of carboxylic acid groups (broad SMARTS) is 1. The van der Waals surface area contributed by atoms with Crippen LogP contribution in [0.4, 0.5) is 0 Å². The van der Waals surface area contributed by atoms with E-state index in [0.717, 1.165) is 17.9 Å². The lowest BCUT2D eigenvalue weighted by Gasteiger charge is -2.18. The van der Waals surface area contributed by atoms with E-state index >= 15 is 0 Å². The van der Waals surface area contributed by atoms with Crippen LogP contribution in [0.3, 0.4) is 0 Å². The van der Waals surface area contributed by atoms with Gasteiger partial charge in [0.15, 0.2) is 0 Å². The molecular weight excluding hydrogens is 236 g/mol. The number of para-hydroxylation sites is 1. The van der Waals surface area contributed by atoms with Crippen molar-refractivity contribution in [1.29, 1.82) is 0 Å². The van der Waals surface area contributed by atoms with Gasteiger partial charge in [-0.3, -0.25) is 4.79 Å². The van der Waals surface area contributed by atoms with E-state index in [0.29, 0.717) is 6.61 Å². The van der Waals surface area contributed by atoms with Crippen molar-refractivity contribution in [2.24, 2.45) is 0 Å². The molecule has 0 bridgehead atoms. The van der Waals surface area contributed by atoms with E-state index < -0.39 is 10.7 Å². The first-order chi connectivity index (χ1) is 8.02. The zero-order chi connectivity index (χ0) is 12.7. The Morgan fingerprint density at radius 1 is 1.35 bits per heavy atom. The first kappa shape index (κ1) is 13.9. The highest BCUT2D eigenvalue weighted by atomic mass is 32.2. The Morgan fingerprint density at radius 2 is 2.00 bits per heavy atom. The van der Waals surface area contributed by atoms with Crippen molar-refractivity contribution in [2.45, 2.75) is 25.0 Å². The quantitative estimate of drug-likeness (QED) is 0.760. The van der Waals surface area contributed by atoms with E-state index in [4.69, 9.17) is 9.84 Å². The minimum absolute atomic E-state index is 0.618. The summed E-state index contributed by atoms with van der Waals surface area (Å²) < 4.78 is 4.80. The molecule has 4 heteroatoms. The van der Waals surface area contributed by atoms with Gasteiger partial charge in [-0.25, -0.2) is 0 Å². The van der Waals surface area contributed by atoms with Crippen LogP contribution in [-0.2, 0) is 4.79 Å². The summed E-state index contributed by atoms with van der Waals surface area (Å²) in [5, 5.41) is 8.92. The van der Waals surface area contributed by atoms with Crippen LogP contribution in [-0.4, -0.2) is 28.2 Å². The summed E-state index contributed by atoms with van der Waals surface area (Å²) in [6.07, 6.45) is 0.844. The molecule has 0 aromatic heterocycles. The summed E-state index contributed by atoms with van der Waals surface area (Å²) in [5.41, 5.74) is 0. The Hall–Kier alpha value is -1.16. The van der Waals surface area contributed by atoms with Crippen LogP contribution in [0, 0.1) is 0 Å². The van der Waals surface area contributed by atoms with Crippen LogP contribution in [0.5, 0.6) is 5.75 Å². The number of hydrogen-bond acceptors (Lipinski definition) is 3. The number of aliphatic carboxylic acids is 1. The van der Waals surface area contributed by atoms with Crippen LogP contribution < -0.4 is 4.74 Å². The summed E-state index contributed by atoms with van der Waals surface area (Å²) in [7, 11) is 0. The molecule has 0 atom stereocenters. The molecule has 0 radical (unpaired) electrons. The number of rotatable bonds is 7. The van der Waals surface area contributed by atoms with E-state index in [-0.39, 0.29) is 0 Å². The van der Waals surface area contributed by atoms with Gasteiger partial charge in [0.05, 0.1) is 6.61 Å². The molecule has 0 unspecified atom stereocenters. The molecule has 0 saturated heterocycles. The van der Waals surface area contributed by atoms with Crippen LogP contribution >= 0.6 is 11.8 Å². The zero-order valence-corrected chi connectivity index (χ0v) is 11.0. The highest BCUT2D eigenvalue weighted by Crippen LogP contribution is 2.25. The average Bonchev–Trinajstić information content (AvgIpc) is 2.29. The van der Waals surface area contributed by atoms with E-state index in [1.807, 2.05) is 30.3 Å². The van der Waals surface area contributed by atoms with Crippen molar-refractivity contribution in [3.63, 3.8) is 0 Å². The van der Waals surface area contributed by atoms with Gasteiger partial charge in [0.25, 0.3) is 0 Å². The standard InChI is InChI=1S/C13H18O3S/c1-13(2,12(14)15)17-10-6-9-16-11-7-4-3-5-8-11/h3-5,7-8H,6,9-10H2,1-2H3,(H,14,15). The number of carbonyl (C=O) groups is 1. The Kier molecular flexibility index (Phi) is 5.35. The van der Waals surface area contributed by atoms with Gasteiger partial charge in [-0.15, -0.1) is 11.8 Å². The highest BCUT2D eigenvalue weighted by Gasteiger charge is 2.26. The Labute approximate surface area is 106 Å². The molecule has 0 fully saturated rings. The molecule has 0 spiro atoms. The highest BCUT2D eigenvalue weighted by molar-refractivity contribution is 8.01. The van der Waals surface area contributed by atoms with Crippen molar-refractivity contribution in [2.75, 3.05) is 12.4 Å². The van der Waals surface area contributed by atoms with E-state index in [2.05, 4.69) is 0 Å². The molecule has 1 aromatic carbocycles. The van der Waals surface area contributed by atoms with Crippen molar-refractivity contribution in [1.82, 2.24) is 0 Å². The fourth-order valence-electron chi connectivity index (χ4n) is 1.15.